The normalized spacial score (nSPS) is 16.7. The van der Waals surface area contributed by atoms with Gasteiger partial charge in [0.25, 0.3) is 0 Å². The van der Waals surface area contributed by atoms with Crippen LogP contribution in [0.25, 0.3) is 0 Å². The van der Waals surface area contributed by atoms with Crippen molar-refractivity contribution in [3.63, 3.8) is 0 Å². The van der Waals surface area contributed by atoms with E-state index >= 15 is 0 Å². The van der Waals surface area contributed by atoms with Crippen molar-refractivity contribution in [3.05, 3.63) is 41.0 Å². The zero-order valence-electron chi connectivity index (χ0n) is 14.5. The van der Waals surface area contributed by atoms with Crippen molar-refractivity contribution < 1.29 is 4.79 Å². The zero-order chi connectivity index (χ0) is 17.8. The lowest BCUT2D eigenvalue weighted by Gasteiger charge is -2.20. The Labute approximate surface area is 147 Å². The van der Waals surface area contributed by atoms with Crippen molar-refractivity contribution in [2.24, 2.45) is 0 Å². The molecule has 1 fully saturated rings. The molecule has 1 saturated heterocycles. The van der Waals surface area contributed by atoms with Crippen LogP contribution < -0.4 is 10.2 Å². The number of nitriles is 1. The fraction of sp³-hybridized carbons (Fsp3) is 0.444. The number of carbonyl (C=O) groups is 1. The largest absolute Gasteiger partial charge is 0.370 e. The highest BCUT2D eigenvalue weighted by Crippen LogP contribution is 2.33. The molecular weight excluding hydrogens is 316 g/mol. The Hall–Kier alpha value is -2.88. The van der Waals surface area contributed by atoms with Crippen LogP contribution in [0.2, 0.25) is 0 Å². The summed E-state index contributed by atoms with van der Waals surface area (Å²) in [5.41, 5.74) is 4.55. The first-order valence-electron chi connectivity index (χ1n) is 8.53. The summed E-state index contributed by atoms with van der Waals surface area (Å²) in [6.07, 6.45) is 4.87. The van der Waals surface area contributed by atoms with Gasteiger partial charge in [-0.15, -0.1) is 0 Å². The number of H-pyrrole nitrogens is 1. The molecule has 0 spiro atoms. The fourth-order valence-corrected chi connectivity index (χ4v) is 3.24. The molecule has 0 radical (unpaired) electrons. The monoisotopic (exact) mass is 338 g/mol. The third-order valence-corrected chi connectivity index (χ3v) is 4.62. The summed E-state index contributed by atoms with van der Waals surface area (Å²) in [6.45, 7) is 5.95. The molecule has 130 valence electrons. The number of hydrogen-bond acceptors (Lipinski definition) is 5. The summed E-state index contributed by atoms with van der Waals surface area (Å²) < 4.78 is 0. The van der Waals surface area contributed by atoms with Crippen LogP contribution in [0.3, 0.4) is 0 Å². The van der Waals surface area contributed by atoms with E-state index in [1.807, 2.05) is 19.9 Å². The van der Waals surface area contributed by atoms with Crippen LogP contribution in [0.4, 0.5) is 5.69 Å². The van der Waals surface area contributed by atoms with E-state index in [4.69, 9.17) is 0 Å². The minimum absolute atomic E-state index is 0.0334. The lowest BCUT2D eigenvalue weighted by atomic mass is 10.0. The van der Waals surface area contributed by atoms with Gasteiger partial charge in [0, 0.05) is 55.1 Å². The Bertz CT molecular complexity index is 806. The van der Waals surface area contributed by atoms with Crippen LogP contribution in [-0.2, 0) is 11.3 Å². The van der Waals surface area contributed by atoms with Crippen LogP contribution in [0.5, 0.6) is 0 Å². The molecule has 2 aromatic rings. The van der Waals surface area contributed by atoms with Gasteiger partial charge < -0.3 is 10.2 Å². The number of aryl methyl sites for hydroxylation is 1. The standard InChI is InChI=1S/C18H22N6O/c1-3-17(25)21-9-15-10-22-23-18(15)13-4-5-24(11-13)16-6-12(2)20-8-14(16)7-19/h6,8,10,13H,3-5,9,11H2,1-2H3,(H,21,25)(H,22,23). The Morgan fingerprint density at radius 3 is 3.12 bits per heavy atom. The van der Waals surface area contributed by atoms with E-state index in [2.05, 4.69) is 31.5 Å². The topological polar surface area (TPSA) is 97.7 Å². The molecule has 7 nitrogen and oxygen atoms in total. The molecule has 0 bridgehead atoms. The number of nitrogens with zero attached hydrogens (tertiary/aromatic N) is 4. The number of carbonyl (C=O) groups excluding carboxylic acids is 1. The average Bonchev–Trinajstić information content (AvgIpc) is 3.28. The molecule has 1 atom stereocenters. The zero-order valence-corrected chi connectivity index (χ0v) is 14.5. The molecule has 0 aliphatic carbocycles. The second-order valence-electron chi connectivity index (χ2n) is 6.33. The molecule has 3 heterocycles. The summed E-state index contributed by atoms with van der Waals surface area (Å²) in [5.74, 6) is 0.335. The van der Waals surface area contributed by atoms with Gasteiger partial charge in [-0.1, -0.05) is 6.92 Å². The van der Waals surface area contributed by atoms with Crippen molar-refractivity contribution in [1.82, 2.24) is 20.5 Å². The van der Waals surface area contributed by atoms with Gasteiger partial charge >= 0.3 is 0 Å². The van der Waals surface area contributed by atoms with Crippen molar-refractivity contribution >= 4 is 11.6 Å². The van der Waals surface area contributed by atoms with Crippen LogP contribution in [-0.4, -0.2) is 34.2 Å². The van der Waals surface area contributed by atoms with Gasteiger partial charge in [-0.3, -0.25) is 14.9 Å². The molecule has 0 aromatic carbocycles. The lowest BCUT2D eigenvalue weighted by Crippen LogP contribution is -2.23. The molecule has 1 amide bonds. The molecule has 0 saturated carbocycles. The van der Waals surface area contributed by atoms with E-state index in [-0.39, 0.29) is 5.91 Å². The van der Waals surface area contributed by atoms with Gasteiger partial charge in [0.2, 0.25) is 5.91 Å². The third kappa shape index (κ3) is 3.63. The molecule has 2 N–H and O–H groups in total. The Kier molecular flexibility index (Phi) is 4.98. The predicted molar refractivity (Wildman–Crippen MR) is 94.0 cm³/mol. The smallest absolute Gasteiger partial charge is 0.219 e. The van der Waals surface area contributed by atoms with E-state index < -0.39 is 0 Å². The van der Waals surface area contributed by atoms with Crippen molar-refractivity contribution in [2.45, 2.75) is 39.2 Å². The second kappa shape index (κ2) is 7.34. The van der Waals surface area contributed by atoms with E-state index in [1.165, 1.54) is 0 Å². The summed E-state index contributed by atoms with van der Waals surface area (Å²) >= 11 is 0. The fourth-order valence-electron chi connectivity index (χ4n) is 3.24. The minimum atomic E-state index is 0.0334. The van der Waals surface area contributed by atoms with Crippen LogP contribution in [0, 0.1) is 18.3 Å². The number of hydrogen-bond donors (Lipinski definition) is 2. The first-order valence-corrected chi connectivity index (χ1v) is 8.53. The van der Waals surface area contributed by atoms with E-state index in [1.54, 1.807) is 12.4 Å². The van der Waals surface area contributed by atoms with Gasteiger partial charge in [-0.25, -0.2) is 0 Å². The molecule has 25 heavy (non-hydrogen) atoms. The number of anilines is 1. The summed E-state index contributed by atoms with van der Waals surface area (Å²) in [4.78, 5) is 17.9. The number of rotatable bonds is 5. The van der Waals surface area contributed by atoms with Gasteiger partial charge in [0.1, 0.15) is 6.07 Å². The van der Waals surface area contributed by atoms with E-state index in [0.29, 0.717) is 24.4 Å². The highest BCUT2D eigenvalue weighted by Gasteiger charge is 2.28. The van der Waals surface area contributed by atoms with Gasteiger partial charge in [0.15, 0.2) is 0 Å². The number of pyridine rings is 1. The molecular formula is C18H22N6O. The number of nitrogens with one attached hydrogen (secondary N) is 2. The predicted octanol–water partition coefficient (Wildman–Crippen LogP) is 2.00. The molecule has 3 rings (SSSR count). The first kappa shape index (κ1) is 17.0. The maximum Gasteiger partial charge on any atom is 0.219 e. The third-order valence-electron chi connectivity index (χ3n) is 4.62. The maximum atomic E-state index is 11.5. The highest BCUT2D eigenvalue weighted by atomic mass is 16.1. The Morgan fingerprint density at radius 1 is 1.52 bits per heavy atom. The van der Waals surface area contributed by atoms with Gasteiger partial charge in [-0.05, 0) is 19.4 Å². The van der Waals surface area contributed by atoms with Gasteiger partial charge in [-0.2, -0.15) is 10.4 Å². The SMILES string of the molecule is CCC(=O)NCc1cn[nH]c1C1CCN(c2cc(C)ncc2C#N)C1. The molecule has 1 unspecified atom stereocenters. The molecule has 7 heteroatoms. The number of amides is 1. The summed E-state index contributed by atoms with van der Waals surface area (Å²) in [7, 11) is 0. The van der Waals surface area contributed by atoms with Crippen molar-refractivity contribution in [3.8, 4) is 6.07 Å². The highest BCUT2D eigenvalue weighted by molar-refractivity contribution is 5.75. The minimum Gasteiger partial charge on any atom is -0.370 e. The summed E-state index contributed by atoms with van der Waals surface area (Å²) in [5, 5.41) is 19.5. The first-order chi connectivity index (χ1) is 12.1. The number of aromatic nitrogens is 3. The Morgan fingerprint density at radius 2 is 2.36 bits per heavy atom. The van der Waals surface area contributed by atoms with Gasteiger partial charge in [0.05, 0.1) is 17.4 Å². The average molecular weight is 338 g/mol. The molecule has 1 aliphatic heterocycles. The quantitative estimate of drug-likeness (QED) is 0.869. The lowest BCUT2D eigenvalue weighted by molar-refractivity contribution is -0.120. The van der Waals surface area contributed by atoms with Crippen LogP contribution in [0.15, 0.2) is 18.5 Å². The van der Waals surface area contributed by atoms with Crippen molar-refractivity contribution in [2.75, 3.05) is 18.0 Å². The second-order valence-corrected chi connectivity index (χ2v) is 6.33. The van der Waals surface area contributed by atoms with Crippen molar-refractivity contribution in [1.29, 1.82) is 5.26 Å². The van der Waals surface area contributed by atoms with Crippen LogP contribution in [0.1, 0.15) is 48.2 Å². The van der Waals surface area contributed by atoms with Crippen LogP contribution >= 0.6 is 0 Å². The molecule has 2 aromatic heterocycles. The van der Waals surface area contributed by atoms with E-state index in [9.17, 15) is 10.1 Å². The van der Waals surface area contributed by atoms with E-state index in [0.717, 1.165) is 42.1 Å². The summed E-state index contributed by atoms with van der Waals surface area (Å²) in [6, 6.07) is 4.20. The maximum absolute atomic E-state index is 11.5. The molecule has 1 aliphatic rings. The number of aromatic amines is 1. The Balaban J connectivity index is 1.74.